The van der Waals surface area contributed by atoms with E-state index in [1.807, 2.05) is 12.1 Å². The maximum absolute atomic E-state index is 12.9. The molecule has 0 aliphatic carbocycles. The van der Waals surface area contributed by atoms with Crippen LogP contribution in [0.15, 0.2) is 75.5 Å². The summed E-state index contributed by atoms with van der Waals surface area (Å²) in [4.78, 5) is 26.2. The van der Waals surface area contributed by atoms with Gasteiger partial charge in [-0.25, -0.2) is 0 Å². The molecule has 0 amide bonds. The van der Waals surface area contributed by atoms with Crippen LogP contribution in [-0.4, -0.2) is 16.7 Å². The molecule has 0 spiro atoms. The van der Waals surface area contributed by atoms with E-state index in [0.717, 1.165) is 11.0 Å². The van der Waals surface area contributed by atoms with Gasteiger partial charge in [0.05, 0.1) is 21.5 Å². The van der Waals surface area contributed by atoms with Gasteiger partial charge in [-0.1, -0.05) is 72.3 Å². The second kappa shape index (κ2) is 7.17. The Morgan fingerprint density at radius 2 is 1.30 bits per heavy atom. The summed E-state index contributed by atoms with van der Waals surface area (Å²) in [6.45, 7) is 0. The van der Waals surface area contributed by atoms with E-state index < -0.39 is 0 Å². The Morgan fingerprint density at radius 3 is 1.70 bits per heavy atom. The lowest BCUT2D eigenvalue weighted by Crippen LogP contribution is -2.16. The van der Waals surface area contributed by atoms with E-state index in [1.54, 1.807) is 48.5 Å². The quantitative estimate of drug-likeness (QED) is 0.193. The summed E-state index contributed by atoms with van der Waals surface area (Å²) in [6.07, 6.45) is 0. The van der Waals surface area contributed by atoms with Crippen LogP contribution in [0.2, 0.25) is 0 Å². The molecule has 0 atom stereocenters. The van der Waals surface area contributed by atoms with Crippen LogP contribution >= 0.6 is 33.4 Å². The van der Waals surface area contributed by atoms with Crippen LogP contribution in [-0.2, 0) is 0 Å². The van der Waals surface area contributed by atoms with Gasteiger partial charge in [0, 0.05) is 11.1 Å². The number of ketones is 2. The average Bonchev–Trinajstić information content (AvgIpc) is 3.02. The molecule has 1 heterocycles. The topological polar surface area (TPSA) is 46.5 Å². The highest BCUT2D eigenvalue weighted by Crippen LogP contribution is 2.43. The second-order valence-electron chi connectivity index (χ2n) is 4.63. The molecule has 0 radical (unpaired) electrons. The molecule has 1 aliphatic heterocycles. The number of carbonyl (C=O) groups excluding carboxylic acids is 2. The molecule has 2 aromatic rings. The lowest BCUT2D eigenvalue weighted by atomic mass is 9.95. The molecule has 0 saturated carbocycles. The van der Waals surface area contributed by atoms with Gasteiger partial charge in [-0.2, -0.15) is 4.40 Å². The Bertz CT molecular complexity index is 764. The van der Waals surface area contributed by atoms with E-state index in [0.29, 0.717) is 16.0 Å². The van der Waals surface area contributed by atoms with E-state index >= 15 is 0 Å². The summed E-state index contributed by atoms with van der Waals surface area (Å²) in [5.74, 6) is -0.699. The maximum Gasteiger partial charge on any atom is 0.198 e. The molecule has 114 valence electrons. The third-order valence-electron chi connectivity index (χ3n) is 3.18. The van der Waals surface area contributed by atoms with Crippen molar-refractivity contribution < 1.29 is 9.59 Å². The van der Waals surface area contributed by atoms with E-state index in [-0.39, 0.29) is 22.3 Å². The largest absolute Gasteiger partial charge is 0.288 e. The maximum atomic E-state index is 12.9. The minimum absolute atomic E-state index is 0.0613. The summed E-state index contributed by atoms with van der Waals surface area (Å²) in [5, 5.41) is 0.184. The second-order valence-corrected chi connectivity index (χ2v) is 6.85. The fourth-order valence-electron chi connectivity index (χ4n) is 2.09. The van der Waals surface area contributed by atoms with Gasteiger partial charge in [0.25, 0.3) is 0 Å². The van der Waals surface area contributed by atoms with E-state index in [9.17, 15) is 9.59 Å². The Labute approximate surface area is 146 Å². The number of hydrogen-bond donors (Lipinski definition) is 0. The van der Waals surface area contributed by atoms with Gasteiger partial charge < -0.3 is 0 Å². The van der Waals surface area contributed by atoms with E-state index in [4.69, 9.17) is 11.6 Å². The van der Waals surface area contributed by atoms with Crippen molar-refractivity contribution in [2.24, 2.45) is 4.40 Å². The number of benzene rings is 2. The molecule has 6 heteroatoms. The highest BCUT2D eigenvalue weighted by Gasteiger charge is 2.30. The van der Waals surface area contributed by atoms with Crippen molar-refractivity contribution in [2.45, 2.75) is 0 Å². The first-order valence-electron chi connectivity index (χ1n) is 6.70. The highest BCUT2D eigenvalue weighted by atomic mass is 35.5. The number of Topliss-reactive ketones (excluding diaryl/α,β-unsaturated/α-hetero) is 2. The molecular weight excluding hydrogens is 350 g/mol. The van der Waals surface area contributed by atoms with Crippen molar-refractivity contribution >= 4 is 50.1 Å². The average molecular weight is 360 g/mol. The van der Waals surface area contributed by atoms with Gasteiger partial charge in [-0.3, -0.25) is 9.59 Å². The van der Waals surface area contributed by atoms with E-state index in [1.165, 1.54) is 10.8 Å². The van der Waals surface area contributed by atoms with Crippen LogP contribution < -0.4 is 0 Å². The Kier molecular flexibility index (Phi) is 5.00. The molecular formula is C17H10ClNO2S2. The highest BCUT2D eigenvalue weighted by molar-refractivity contribution is 8.78. The SMILES string of the molecule is O=C(C(C(=O)c1ccccc1)=C1SSN=C1Cl)c1ccccc1. The van der Waals surface area contributed by atoms with Crippen molar-refractivity contribution in [1.82, 2.24) is 0 Å². The van der Waals surface area contributed by atoms with Crippen LogP contribution in [0.5, 0.6) is 0 Å². The van der Waals surface area contributed by atoms with Crippen LogP contribution in [0.1, 0.15) is 20.7 Å². The van der Waals surface area contributed by atoms with Crippen molar-refractivity contribution in [1.29, 1.82) is 0 Å². The zero-order valence-electron chi connectivity index (χ0n) is 11.7. The van der Waals surface area contributed by atoms with E-state index in [2.05, 4.69) is 4.40 Å². The van der Waals surface area contributed by atoms with Crippen LogP contribution in [0.25, 0.3) is 0 Å². The van der Waals surface area contributed by atoms with Gasteiger partial charge in [-0.05, 0) is 10.8 Å². The first-order valence-corrected chi connectivity index (χ1v) is 9.18. The lowest BCUT2D eigenvalue weighted by molar-refractivity contribution is 0.0962. The number of hydrogen-bond acceptors (Lipinski definition) is 5. The van der Waals surface area contributed by atoms with Crippen LogP contribution in [0.4, 0.5) is 0 Å². The summed E-state index contributed by atoms with van der Waals surface area (Å²) >= 11 is 6.08. The zero-order chi connectivity index (χ0) is 16.2. The predicted molar refractivity (Wildman–Crippen MR) is 97.0 cm³/mol. The molecule has 0 fully saturated rings. The predicted octanol–water partition coefficient (Wildman–Crippen LogP) is 4.95. The van der Waals surface area contributed by atoms with Crippen molar-refractivity contribution in [2.75, 3.05) is 0 Å². The van der Waals surface area contributed by atoms with Crippen molar-refractivity contribution in [3.8, 4) is 0 Å². The van der Waals surface area contributed by atoms with Crippen molar-refractivity contribution in [3.63, 3.8) is 0 Å². The van der Waals surface area contributed by atoms with Crippen LogP contribution in [0.3, 0.4) is 0 Å². The Morgan fingerprint density at radius 1 is 0.826 bits per heavy atom. The molecule has 0 N–H and O–H groups in total. The lowest BCUT2D eigenvalue weighted by Gasteiger charge is -2.09. The standard InChI is InChI=1S/C17H10ClNO2S2/c18-17-16(22-23-19-17)13(14(20)11-7-3-1-4-8-11)15(21)12-9-5-2-6-10-12/h1-10H. The Hall–Kier alpha value is -1.82. The number of halogens is 1. The van der Waals surface area contributed by atoms with Gasteiger partial charge in [0.1, 0.15) is 0 Å². The summed E-state index contributed by atoms with van der Waals surface area (Å²) in [6, 6.07) is 17.4. The molecule has 0 aromatic heterocycles. The first-order chi connectivity index (χ1) is 11.2. The molecule has 0 bridgehead atoms. The molecule has 23 heavy (non-hydrogen) atoms. The summed E-state index contributed by atoms with van der Waals surface area (Å²) < 4.78 is 3.99. The number of rotatable bonds is 4. The normalized spacial score (nSPS) is 13.6. The molecule has 0 saturated heterocycles. The number of allylic oxidation sites excluding steroid dienone is 2. The molecule has 3 nitrogen and oxygen atoms in total. The van der Waals surface area contributed by atoms with Gasteiger partial charge in [0.2, 0.25) is 0 Å². The van der Waals surface area contributed by atoms with Gasteiger partial charge in [-0.15, -0.1) is 0 Å². The number of nitrogens with zero attached hydrogens (tertiary/aromatic N) is 1. The molecule has 3 rings (SSSR count). The van der Waals surface area contributed by atoms with Gasteiger partial charge >= 0.3 is 0 Å². The Balaban J connectivity index is 2.11. The first kappa shape index (κ1) is 16.1. The molecule has 2 aromatic carbocycles. The minimum Gasteiger partial charge on any atom is -0.288 e. The smallest absolute Gasteiger partial charge is 0.198 e. The minimum atomic E-state index is -0.349. The summed E-state index contributed by atoms with van der Waals surface area (Å²) in [7, 11) is 2.38. The zero-order valence-corrected chi connectivity index (χ0v) is 14.1. The molecule has 1 aliphatic rings. The third-order valence-corrected chi connectivity index (χ3v) is 5.51. The number of carbonyl (C=O) groups is 2. The third kappa shape index (κ3) is 3.42. The molecule has 0 unspecified atom stereocenters. The van der Waals surface area contributed by atoms with Crippen LogP contribution in [0, 0.1) is 0 Å². The summed E-state index contributed by atoms with van der Waals surface area (Å²) in [5.41, 5.74) is 0.952. The fourth-order valence-corrected chi connectivity index (χ4v) is 4.42. The van der Waals surface area contributed by atoms with Gasteiger partial charge in [0.15, 0.2) is 16.7 Å². The monoisotopic (exact) mass is 359 g/mol. The fraction of sp³-hybridized carbons (Fsp3) is 0. The van der Waals surface area contributed by atoms with Crippen molar-refractivity contribution in [3.05, 3.63) is 82.3 Å².